The molecule has 0 bridgehead atoms. The van der Waals surface area contributed by atoms with E-state index in [4.69, 9.17) is 45.9 Å². The van der Waals surface area contributed by atoms with Crippen molar-refractivity contribution < 1.29 is 48.7 Å². The normalized spacial score (nSPS) is 9.81. The Morgan fingerprint density at radius 3 is 1.13 bits per heavy atom. The van der Waals surface area contributed by atoms with Crippen LogP contribution in [-0.4, -0.2) is 59.4 Å². The molecule has 5 aromatic rings. The van der Waals surface area contributed by atoms with Crippen molar-refractivity contribution in [3.63, 3.8) is 0 Å². The van der Waals surface area contributed by atoms with Crippen LogP contribution >= 0.6 is 11.6 Å². The van der Waals surface area contributed by atoms with E-state index in [1.165, 1.54) is 11.1 Å². The topological polar surface area (TPSA) is 149 Å². The fourth-order valence-electron chi connectivity index (χ4n) is 5.15. The van der Waals surface area contributed by atoms with Crippen LogP contribution < -0.4 is 9.47 Å². The third-order valence-corrected chi connectivity index (χ3v) is 8.49. The van der Waals surface area contributed by atoms with Crippen LogP contribution in [0.4, 0.5) is 0 Å². The first-order valence-electron chi connectivity index (χ1n) is 21.1. The van der Waals surface area contributed by atoms with E-state index in [9.17, 15) is 14.4 Å². The minimum atomic E-state index is -0.245. The van der Waals surface area contributed by atoms with E-state index < -0.39 is 0 Å². The van der Waals surface area contributed by atoms with E-state index in [0.717, 1.165) is 78.1 Å². The molecular weight excluding hydrogens is 808 g/mol. The summed E-state index contributed by atoms with van der Waals surface area (Å²) in [4.78, 5) is 33.4. The lowest BCUT2D eigenvalue weighted by atomic mass is 10.2. The smallest absolute Gasteiger partial charge is 0.311 e. The van der Waals surface area contributed by atoms with E-state index >= 15 is 0 Å². The summed E-state index contributed by atoms with van der Waals surface area (Å²) in [6.45, 7) is 2.97. The number of rotatable bonds is 23. The second-order valence-corrected chi connectivity index (χ2v) is 13.9. The van der Waals surface area contributed by atoms with Crippen LogP contribution in [0.25, 0.3) is 0 Å². The molecule has 336 valence electrons. The van der Waals surface area contributed by atoms with Gasteiger partial charge in [0.25, 0.3) is 0 Å². The lowest BCUT2D eigenvalue weighted by Gasteiger charge is -2.05. The fourth-order valence-corrected chi connectivity index (χ4v) is 5.29. The van der Waals surface area contributed by atoms with Gasteiger partial charge in [-0.15, -0.1) is 0 Å². The number of esters is 2. The highest BCUT2D eigenvalue weighted by molar-refractivity contribution is 6.63. The Labute approximate surface area is 373 Å². The molecule has 0 atom stereocenters. The average molecular weight is 874 g/mol. The van der Waals surface area contributed by atoms with Gasteiger partial charge in [-0.1, -0.05) is 135 Å². The van der Waals surface area contributed by atoms with Crippen molar-refractivity contribution in [1.82, 2.24) is 0 Å². The van der Waals surface area contributed by atoms with Gasteiger partial charge in [-0.3, -0.25) is 14.4 Å². The van der Waals surface area contributed by atoms with Gasteiger partial charge in [0.15, 0.2) is 0 Å². The number of carbonyl (C=O) groups is 3. The first-order chi connectivity index (χ1) is 30.4. The van der Waals surface area contributed by atoms with Crippen LogP contribution in [0.2, 0.25) is 0 Å². The molecule has 11 heteroatoms. The number of benzene rings is 5. The molecule has 62 heavy (non-hydrogen) atoms. The highest BCUT2D eigenvalue weighted by Crippen LogP contribution is 2.12. The molecule has 5 aromatic carbocycles. The highest BCUT2D eigenvalue weighted by Gasteiger charge is 2.05. The first kappa shape index (κ1) is 54.7. The lowest BCUT2D eigenvalue weighted by Crippen LogP contribution is -2.07. The van der Waals surface area contributed by atoms with E-state index in [2.05, 4.69) is 12.1 Å². The Morgan fingerprint density at radius 1 is 0.452 bits per heavy atom. The molecule has 5 rings (SSSR count). The van der Waals surface area contributed by atoms with Crippen molar-refractivity contribution in [3.05, 3.63) is 163 Å². The molecule has 0 unspecified atom stereocenters. The number of aliphatic hydroxyl groups is 2. The Hall–Kier alpha value is -5.36. The predicted molar refractivity (Wildman–Crippen MR) is 246 cm³/mol. The lowest BCUT2D eigenvalue weighted by molar-refractivity contribution is -0.135. The third-order valence-electron chi connectivity index (χ3n) is 8.30. The quantitative estimate of drug-likeness (QED) is 0.0251. The number of ether oxygens (including phenoxy) is 4. The van der Waals surface area contributed by atoms with Gasteiger partial charge in [-0.25, -0.2) is 0 Å². The number of hydrogen-bond donors (Lipinski definition) is 3. The van der Waals surface area contributed by atoms with E-state index in [1.807, 2.05) is 91.0 Å². The zero-order valence-electron chi connectivity index (χ0n) is 36.0. The first-order valence-corrected chi connectivity index (χ1v) is 21.5. The van der Waals surface area contributed by atoms with E-state index in [1.54, 1.807) is 48.5 Å². The molecule has 0 aliphatic rings. The number of phenolic OH excluding ortho intramolecular Hbond substituents is 1. The molecule has 0 saturated heterocycles. The number of carbonyl (C=O) groups excluding carboxylic acids is 3. The van der Waals surface area contributed by atoms with Crippen LogP contribution in [0.1, 0.15) is 88.2 Å². The zero-order valence-corrected chi connectivity index (χ0v) is 36.8. The maximum atomic E-state index is 11.6. The minimum absolute atomic E-state index is 0.170. The summed E-state index contributed by atoms with van der Waals surface area (Å²) in [6.07, 6.45) is 9.32. The van der Waals surface area contributed by atoms with Gasteiger partial charge >= 0.3 is 11.9 Å². The number of hydrogen-bond acceptors (Lipinski definition) is 10. The Balaban J connectivity index is 0.000000430. The van der Waals surface area contributed by atoms with Crippen molar-refractivity contribution in [2.75, 3.05) is 26.9 Å². The van der Waals surface area contributed by atoms with Gasteiger partial charge in [-0.05, 0) is 97.7 Å². The molecule has 0 heterocycles. The van der Waals surface area contributed by atoms with Crippen LogP contribution in [0.3, 0.4) is 0 Å². The number of halogens is 1. The number of para-hydroxylation sites is 3. The minimum Gasteiger partial charge on any atom is -0.508 e. The monoisotopic (exact) mass is 872 g/mol. The summed E-state index contributed by atoms with van der Waals surface area (Å²) in [5.74, 6) is 1.14. The summed E-state index contributed by atoms with van der Waals surface area (Å²) in [5, 5.41) is 23.9. The van der Waals surface area contributed by atoms with Gasteiger partial charge < -0.3 is 34.3 Å². The second kappa shape index (κ2) is 39.8. The summed E-state index contributed by atoms with van der Waals surface area (Å²) in [6, 6.07) is 47.2. The molecule has 10 nitrogen and oxygen atoms in total. The van der Waals surface area contributed by atoms with Gasteiger partial charge in [0.2, 0.25) is 5.24 Å². The maximum absolute atomic E-state index is 11.6. The Morgan fingerprint density at radius 2 is 0.790 bits per heavy atom. The molecule has 3 N–H and O–H groups in total. The van der Waals surface area contributed by atoms with Crippen LogP contribution in [-0.2, 0) is 37.1 Å². The fraction of sp³-hybridized carbons (Fsp3) is 0.353. The zero-order chi connectivity index (χ0) is 45.1. The predicted octanol–water partition coefficient (Wildman–Crippen LogP) is 11.0. The van der Waals surface area contributed by atoms with Crippen molar-refractivity contribution in [2.24, 2.45) is 0 Å². The molecule has 0 spiro atoms. The molecule has 0 aromatic heterocycles. The van der Waals surface area contributed by atoms with Crippen molar-refractivity contribution in [2.45, 2.75) is 90.3 Å². The molecule has 0 fully saturated rings. The van der Waals surface area contributed by atoms with Crippen LogP contribution in [0.15, 0.2) is 152 Å². The van der Waals surface area contributed by atoms with Crippen molar-refractivity contribution in [1.29, 1.82) is 0 Å². The summed E-state index contributed by atoms with van der Waals surface area (Å²) in [5.41, 5.74) is 2.38. The average Bonchev–Trinajstić information content (AvgIpc) is 3.30. The van der Waals surface area contributed by atoms with Crippen molar-refractivity contribution in [3.8, 4) is 17.2 Å². The maximum Gasteiger partial charge on any atom is 0.311 e. The summed E-state index contributed by atoms with van der Waals surface area (Å²) >= 11 is 5.23. The Kier molecular flexibility index (Phi) is 35.0. The van der Waals surface area contributed by atoms with E-state index in [-0.39, 0.29) is 23.8 Å². The second-order valence-electron chi connectivity index (χ2n) is 13.5. The van der Waals surface area contributed by atoms with Gasteiger partial charge in [-0.2, -0.15) is 0 Å². The van der Waals surface area contributed by atoms with Gasteiger partial charge in [0, 0.05) is 46.2 Å². The molecule has 0 radical (unpaired) electrons. The summed E-state index contributed by atoms with van der Waals surface area (Å²) < 4.78 is 21.4. The van der Waals surface area contributed by atoms with Gasteiger partial charge in [0.05, 0.1) is 13.2 Å². The van der Waals surface area contributed by atoms with Crippen molar-refractivity contribution >= 4 is 28.8 Å². The summed E-state index contributed by atoms with van der Waals surface area (Å²) in [7, 11) is 1.00. The molecule has 0 saturated carbocycles. The standard InChI is InChI=1S/C19H22O3.C13H17ClO2.C12H16O3.C6H6O.CH4O/c20-19(22-18-12-6-2-7-13-18)14-8-3-9-15-21-16-17-10-4-1-5-11-17;14-13(15)9-5-2-6-10-16-11-12-7-3-1-4-8-12;13-10-6-2-5-9-12(14)15-11-7-3-1-4-8-11;7-6-4-2-1-3-5-6;1-2/h1-2,4-7,10-13H,3,8-9,14-16H2;1,3-4,7-8H,2,5-6,9-11H2;1,3-4,7-8,13H,2,5-6,9-10H2;1-5,7H;2H,1H3. The number of aromatic hydroxyl groups is 1. The highest BCUT2D eigenvalue weighted by atomic mass is 35.5. The molecule has 0 aliphatic heterocycles. The third kappa shape index (κ3) is 33.4. The number of unbranched alkanes of at least 4 members (excludes halogenated alkanes) is 6. The number of aliphatic hydroxyl groups excluding tert-OH is 2. The molecular formula is C51H65ClO10. The van der Waals surface area contributed by atoms with Crippen LogP contribution in [0, 0.1) is 0 Å². The number of phenols is 1. The molecule has 0 aliphatic carbocycles. The largest absolute Gasteiger partial charge is 0.508 e. The Bertz CT molecular complexity index is 1760. The van der Waals surface area contributed by atoms with Gasteiger partial charge in [0.1, 0.15) is 17.2 Å². The van der Waals surface area contributed by atoms with Crippen LogP contribution in [0.5, 0.6) is 17.2 Å². The SMILES string of the molecule is CO.O=C(CCCCCO)Oc1ccccc1.O=C(CCCCCOCc1ccccc1)Oc1ccccc1.O=C(Cl)CCCCCOCc1ccccc1.Oc1ccccc1. The van der Waals surface area contributed by atoms with E-state index in [0.29, 0.717) is 49.7 Å². The molecule has 0 amide bonds.